The van der Waals surface area contributed by atoms with Crippen molar-refractivity contribution in [2.75, 3.05) is 18.0 Å². The van der Waals surface area contributed by atoms with Crippen LogP contribution in [0.2, 0.25) is 0 Å². The van der Waals surface area contributed by atoms with Crippen molar-refractivity contribution in [2.24, 2.45) is 0 Å². The third-order valence-corrected chi connectivity index (χ3v) is 5.41. The van der Waals surface area contributed by atoms with E-state index in [1.165, 1.54) is 29.7 Å². The molecular formula is C23H21N3O. The van der Waals surface area contributed by atoms with Crippen LogP contribution in [0.25, 0.3) is 5.57 Å². The van der Waals surface area contributed by atoms with Gasteiger partial charge in [-0.15, -0.1) is 0 Å². The fourth-order valence-corrected chi connectivity index (χ4v) is 4.20. The fraction of sp³-hybridized carbons (Fsp3) is 0.304. The minimum Gasteiger partial charge on any atom is -0.461 e. The number of allylic oxidation sites excluding steroid dienone is 6. The Hall–Kier alpha value is -3.24. The van der Waals surface area contributed by atoms with Crippen molar-refractivity contribution in [1.82, 2.24) is 0 Å². The van der Waals surface area contributed by atoms with Gasteiger partial charge in [-0.05, 0) is 73.6 Å². The van der Waals surface area contributed by atoms with Crippen LogP contribution >= 0.6 is 0 Å². The van der Waals surface area contributed by atoms with Crippen LogP contribution in [0.4, 0.5) is 5.69 Å². The molecule has 0 fully saturated rings. The molecular weight excluding hydrogens is 334 g/mol. The average molecular weight is 355 g/mol. The summed E-state index contributed by atoms with van der Waals surface area (Å²) < 4.78 is 5.88. The van der Waals surface area contributed by atoms with Gasteiger partial charge >= 0.3 is 0 Å². The predicted octanol–water partition coefficient (Wildman–Crippen LogP) is 4.56. The minimum atomic E-state index is 0.0825. The number of aryl methyl sites for hydroxylation is 2. The van der Waals surface area contributed by atoms with Crippen molar-refractivity contribution in [2.45, 2.75) is 32.6 Å². The lowest BCUT2D eigenvalue weighted by atomic mass is 9.88. The zero-order chi connectivity index (χ0) is 19.0. The van der Waals surface area contributed by atoms with Gasteiger partial charge in [0.05, 0.1) is 0 Å². The SMILES string of the molecule is C=C(C1=CC(=C(C#N)C#N)C=C(C)O1)c1cc2c3c(c1)CCCN3CCC2. The second-order valence-corrected chi connectivity index (χ2v) is 7.24. The van der Waals surface area contributed by atoms with E-state index in [0.29, 0.717) is 17.1 Å². The van der Waals surface area contributed by atoms with Gasteiger partial charge in [0.15, 0.2) is 0 Å². The molecule has 0 spiro atoms. The summed E-state index contributed by atoms with van der Waals surface area (Å²) in [7, 11) is 0. The largest absolute Gasteiger partial charge is 0.461 e. The predicted molar refractivity (Wildman–Crippen MR) is 106 cm³/mol. The summed E-state index contributed by atoms with van der Waals surface area (Å²) in [6.07, 6.45) is 8.02. The minimum absolute atomic E-state index is 0.0825. The maximum atomic E-state index is 9.18. The van der Waals surface area contributed by atoms with Crippen molar-refractivity contribution in [3.05, 3.63) is 70.2 Å². The van der Waals surface area contributed by atoms with Crippen LogP contribution in [0, 0.1) is 22.7 Å². The summed E-state index contributed by atoms with van der Waals surface area (Å²) in [4.78, 5) is 2.51. The summed E-state index contributed by atoms with van der Waals surface area (Å²) in [6.45, 7) is 8.39. The number of anilines is 1. The molecule has 134 valence electrons. The van der Waals surface area contributed by atoms with Gasteiger partial charge in [0, 0.05) is 29.9 Å². The van der Waals surface area contributed by atoms with Crippen LogP contribution in [-0.4, -0.2) is 13.1 Å². The molecule has 0 bridgehead atoms. The fourth-order valence-electron chi connectivity index (χ4n) is 4.20. The Morgan fingerprint density at radius 2 is 1.70 bits per heavy atom. The van der Waals surface area contributed by atoms with Gasteiger partial charge < -0.3 is 9.64 Å². The monoisotopic (exact) mass is 355 g/mol. The number of hydrogen-bond donors (Lipinski definition) is 0. The molecule has 0 atom stereocenters. The standard InChI is InChI=1S/C23H21N3O/c1-15-9-20(21(13-24)14-25)12-22(27-15)16(2)19-10-17-5-3-7-26-8-4-6-18(11-19)23(17)26/h9-12H,2-8H2,1H3. The van der Waals surface area contributed by atoms with Crippen molar-refractivity contribution in [1.29, 1.82) is 10.5 Å². The average Bonchev–Trinajstić information content (AvgIpc) is 2.68. The maximum absolute atomic E-state index is 9.18. The number of nitrogens with zero attached hydrogens (tertiary/aromatic N) is 3. The van der Waals surface area contributed by atoms with E-state index in [4.69, 9.17) is 4.74 Å². The number of nitriles is 2. The summed E-state index contributed by atoms with van der Waals surface area (Å²) in [5, 5.41) is 18.4. The summed E-state index contributed by atoms with van der Waals surface area (Å²) >= 11 is 0. The van der Waals surface area contributed by atoms with Crippen LogP contribution in [-0.2, 0) is 17.6 Å². The molecule has 4 heteroatoms. The van der Waals surface area contributed by atoms with Crippen LogP contribution in [0.1, 0.15) is 36.5 Å². The van der Waals surface area contributed by atoms with Gasteiger partial charge in [-0.25, -0.2) is 0 Å². The van der Waals surface area contributed by atoms with Gasteiger partial charge in [0.2, 0.25) is 0 Å². The van der Waals surface area contributed by atoms with E-state index >= 15 is 0 Å². The van der Waals surface area contributed by atoms with Gasteiger partial charge in [0.1, 0.15) is 29.2 Å². The number of hydrogen-bond acceptors (Lipinski definition) is 4. The Morgan fingerprint density at radius 1 is 1.07 bits per heavy atom. The summed E-state index contributed by atoms with van der Waals surface area (Å²) in [5.74, 6) is 1.25. The second-order valence-electron chi connectivity index (χ2n) is 7.24. The van der Waals surface area contributed by atoms with Crippen molar-refractivity contribution in [3.8, 4) is 12.1 Å². The quantitative estimate of drug-likeness (QED) is 0.730. The Morgan fingerprint density at radius 3 is 2.30 bits per heavy atom. The molecule has 0 aromatic heterocycles. The molecule has 3 heterocycles. The molecule has 27 heavy (non-hydrogen) atoms. The van der Waals surface area contributed by atoms with Gasteiger partial charge in [-0.2, -0.15) is 10.5 Å². The Labute approximate surface area is 160 Å². The van der Waals surface area contributed by atoms with Crippen LogP contribution in [0.3, 0.4) is 0 Å². The first-order valence-electron chi connectivity index (χ1n) is 9.33. The number of ether oxygens (including phenoxy) is 1. The van der Waals surface area contributed by atoms with Crippen molar-refractivity contribution in [3.63, 3.8) is 0 Å². The number of benzene rings is 1. The molecule has 4 nitrogen and oxygen atoms in total. The topological polar surface area (TPSA) is 60.1 Å². The normalized spacial score (nSPS) is 17.6. The van der Waals surface area contributed by atoms with E-state index < -0.39 is 0 Å². The molecule has 0 N–H and O–H groups in total. The smallest absolute Gasteiger partial charge is 0.137 e. The van der Waals surface area contributed by atoms with Crippen molar-refractivity contribution >= 4 is 11.3 Å². The third-order valence-electron chi connectivity index (χ3n) is 5.41. The van der Waals surface area contributed by atoms with Crippen molar-refractivity contribution < 1.29 is 4.74 Å². The summed E-state index contributed by atoms with van der Waals surface area (Å²) in [5.41, 5.74) is 6.72. The third kappa shape index (κ3) is 3.04. The Kier molecular flexibility index (Phi) is 4.34. The molecule has 3 aliphatic rings. The molecule has 0 saturated heterocycles. The lowest BCUT2D eigenvalue weighted by Gasteiger charge is -2.37. The Balaban J connectivity index is 1.75. The van der Waals surface area contributed by atoms with Gasteiger partial charge in [-0.3, -0.25) is 0 Å². The summed E-state index contributed by atoms with van der Waals surface area (Å²) in [6, 6.07) is 8.37. The Bertz CT molecular complexity index is 964. The van der Waals surface area contributed by atoms with Gasteiger partial charge in [0.25, 0.3) is 0 Å². The van der Waals surface area contributed by atoms with E-state index in [1.807, 2.05) is 19.1 Å². The highest BCUT2D eigenvalue weighted by Crippen LogP contribution is 2.39. The lowest BCUT2D eigenvalue weighted by molar-refractivity contribution is 0.322. The first-order chi connectivity index (χ1) is 13.1. The van der Waals surface area contributed by atoms with E-state index in [2.05, 4.69) is 23.6 Å². The molecule has 1 aromatic carbocycles. The van der Waals surface area contributed by atoms with Crippen LogP contribution in [0.15, 0.2) is 53.5 Å². The van der Waals surface area contributed by atoms with E-state index in [0.717, 1.165) is 37.1 Å². The van der Waals surface area contributed by atoms with Gasteiger partial charge in [-0.1, -0.05) is 6.58 Å². The molecule has 1 aromatic rings. The van der Waals surface area contributed by atoms with Crippen LogP contribution < -0.4 is 4.90 Å². The van der Waals surface area contributed by atoms with E-state index in [1.54, 1.807) is 12.2 Å². The highest BCUT2D eigenvalue weighted by molar-refractivity contribution is 5.80. The van der Waals surface area contributed by atoms with E-state index in [-0.39, 0.29) is 5.57 Å². The molecule has 0 saturated carbocycles. The maximum Gasteiger partial charge on any atom is 0.137 e. The molecule has 3 aliphatic heterocycles. The molecule has 0 amide bonds. The zero-order valence-corrected chi connectivity index (χ0v) is 15.5. The molecule has 0 radical (unpaired) electrons. The first kappa shape index (κ1) is 17.2. The van der Waals surface area contributed by atoms with Crippen LogP contribution in [0.5, 0.6) is 0 Å². The zero-order valence-electron chi connectivity index (χ0n) is 15.5. The molecule has 4 rings (SSSR count). The highest BCUT2D eigenvalue weighted by atomic mass is 16.5. The first-order valence-corrected chi connectivity index (χ1v) is 9.33. The molecule has 0 unspecified atom stereocenters. The molecule has 0 aliphatic carbocycles. The highest BCUT2D eigenvalue weighted by Gasteiger charge is 2.25. The second kappa shape index (κ2) is 6.82. The lowest BCUT2D eigenvalue weighted by Crippen LogP contribution is -2.34. The number of rotatable bonds is 2. The van der Waals surface area contributed by atoms with E-state index in [9.17, 15) is 10.5 Å².